The largest absolute Gasteiger partial charge is 0.369 e. The highest BCUT2D eigenvalue weighted by Crippen LogP contribution is 2.40. The van der Waals surface area contributed by atoms with Crippen molar-refractivity contribution in [2.24, 2.45) is 17.1 Å². The van der Waals surface area contributed by atoms with Gasteiger partial charge in [-0.3, -0.25) is 4.79 Å². The van der Waals surface area contributed by atoms with Crippen LogP contribution in [-0.4, -0.2) is 10.9 Å². The first-order chi connectivity index (χ1) is 9.93. The number of nitriles is 1. The van der Waals surface area contributed by atoms with Gasteiger partial charge < -0.3 is 10.7 Å². The highest BCUT2D eigenvalue weighted by atomic mass is 16.1. The number of H-pyrrole nitrogens is 1. The first-order valence-corrected chi connectivity index (χ1v) is 7.27. The zero-order valence-corrected chi connectivity index (χ0v) is 12.4. The summed E-state index contributed by atoms with van der Waals surface area (Å²) < 4.78 is 0. The van der Waals surface area contributed by atoms with Gasteiger partial charge in [0.2, 0.25) is 5.91 Å². The van der Waals surface area contributed by atoms with E-state index in [2.05, 4.69) is 11.1 Å². The Hall–Kier alpha value is -2.28. The molecule has 1 unspecified atom stereocenters. The molecule has 3 N–H and O–H groups in total. The molecule has 0 radical (unpaired) electrons. The summed E-state index contributed by atoms with van der Waals surface area (Å²) >= 11 is 0. The third-order valence-electron chi connectivity index (χ3n) is 4.97. The Bertz CT molecular complexity index is 764. The Morgan fingerprint density at radius 1 is 1.48 bits per heavy atom. The number of aromatic nitrogens is 1. The second kappa shape index (κ2) is 4.63. The second-order valence-corrected chi connectivity index (χ2v) is 6.48. The van der Waals surface area contributed by atoms with Crippen molar-refractivity contribution in [3.8, 4) is 6.07 Å². The fourth-order valence-electron chi connectivity index (χ4n) is 3.30. The fourth-order valence-corrected chi connectivity index (χ4v) is 3.30. The summed E-state index contributed by atoms with van der Waals surface area (Å²) in [6.07, 6.45) is 2.72. The lowest BCUT2D eigenvalue weighted by atomic mass is 9.70. The summed E-state index contributed by atoms with van der Waals surface area (Å²) in [7, 11) is 0. The van der Waals surface area contributed by atoms with E-state index in [-0.39, 0.29) is 11.8 Å². The maximum atomic E-state index is 11.7. The molecule has 0 aliphatic heterocycles. The van der Waals surface area contributed by atoms with Crippen LogP contribution in [0.1, 0.15) is 37.1 Å². The number of hydrogen-bond donors (Lipinski definition) is 2. The molecule has 0 saturated carbocycles. The van der Waals surface area contributed by atoms with Gasteiger partial charge in [0, 0.05) is 22.0 Å². The summed E-state index contributed by atoms with van der Waals surface area (Å²) in [6, 6.07) is 7.91. The van der Waals surface area contributed by atoms with E-state index in [9.17, 15) is 4.79 Å². The summed E-state index contributed by atoms with van der Waals surface area (Å²) in [5.74, 6) is 0.000692. The van der Waals surface area contributed by atoms with E-state index in [0.717, 1.165) is 30.2 Å². The predicted octanol–water partition coefficient (Wildman–Crippen LogP) is 2.66. The van der Waals surface area contributed by atoms with Crippen LogP contribution in [-0.2, 0) is 17.6 Å². The molecule has 1 heterocycles. The maximum absolute atomic E-state index is 11.7. The number of aryl methyl sites for hydroxylation is 1. The van der Waals surface area contributed by atoms with Crippen molar-refractivity contribution in [2.45, 2.75) is 33.1 Å². The number of nitrogens with zero attached hydrogens (tertiary/aromatic N) is 1. The number of carbonyl (C=O) groups is 1. The normalized spacial score (nSPS) is 18.2. The predicted molar refractivity (Wildman–Crippen MR) is 81.5 cm³/mol. The van der Waals surface area contributed by atoms with Crippen LogP contribution in [0.3, 0.4) is 0 Å². The summed E-state index contributed by atoms with van der Waals surface area (Å²) in [5.41, 5.74) is 9.27. The molecule has 4 nitrogen and oxygen atoms in total. The van der Waals surface area contributed by atoms with Crippen molar-refractivity contribution in [3.63, 3.8) is 0 Å². The number of benzene rings is 1. The molecule has 0 saturated heterocycles. The van der Waals surface area contributed by atoms with E-state index in [1.807, 2.05) is 32.0 Å². The van der Waals surface area contributed by atoms with Crippen molar-refractivity contribution < 1.29 is 4.79 Å². The number of hydrogen-bond acceptors (Lipinski definition) is 2. The molecule has 21 heavy (non-hydrogen) atoms. The molecule has 108 valence electrons. The number of amides is 1. The molecule has 1 amide bonds. The van der Waals surface area contributed by atoms with E-state index in [0.29, 0.717) is 5.56 Å². The standard InChI is InChI=1S/C17H19N3O/c1-17(2,16(19)21)11-4-6-15-13(8-11)12-7-10(9-18)3-5-14(12)20-15/h3,5,7,11,20H,4,6,8H2,1-2H3,(H2,19,21). The third-order valence-corrected chi connectivity index (χ3v) is 4.97. The van der Waals surface area contributed by atoms with Gasteiger partial charge in [-0.15, -0.1) is 0 Å². The van der Waals surface area contributed by atoms with Crippen LogP contribution in [0.2, 0.25) is 0 Å². The number of nitrogens with two attached hydrogens (primary N) is 1. The molecular weight excluding hydrogens is 262 g/mol. The molecule has 1 aromatic heterocycles. The lowest BCUT2D eigenvalue weighted by molar-refractivity contribution is -0.129. The number of primary amides is 1. The summed E-state index contributed by atoms with van der Waals surface area (Å²) in [4.78, 5) is 15.1. The minimum atomic E-state index is -0.506. The van der Waals surface area contributed by atoms with Crippen LogP contribution in [0.15, 0.2) is 18.2 Å². The zero-order valence-electron chi connectivity index (χ0n) is 12.4. The molecule has 1 aliphatic carbocycles. The topological polar surface area (TPSA) is 82.7 Å². The van der Waals surface area contributed by atoms with Gasteiger partial charge in [0.25, 0.3) is 0 Å². The van der Waals surface area contributed by atoms with Gasteiger partial charge in [-0.1, -0.05) is 13.8 Å². The highest BCUT2D eigenvalue weighted by Gasteiger charge is 2.37. The van der Waals surface area contributed by atoms with Crippen molar-refractivity contribution in [3.05, 3.63) is 35.0 Å². The zero-order chi connectivity index (χ0) is 15.2. The average Bonchev–Trinajstić information content (AvgIpc) is 2.83. The van der Waals surface area contributed by atoms with Gasteiger partial charge >= 0.3 is 0 Å². The maximum Gasteiger partial charge on any atom is 0.223 e. The van der Waals surface area contributed by atoms with E-state index >= 15 is 0 Å². The van der Waals surface area contributed by atoms with Gasteiger partial charge in [0.15, 0.2) is 0 Å². The van der Waals surface area contributed by atoms with Crippen LogP contribution < -0.4 is 5.73 Å². The van der Waals surface area contributed by atoms with E-state index in [1.165, 1.54) is 11.3 Å². The van der Waals surface area contributed by atoms with Crippen molar-refractivity contribution in [2.75, 3.05) is 0 Å². The number of fused-ring (bicyclic) bond motifs is 3. The number of aromatic amines is 1. The minimum absolute atomic E-state index is 0.242. The van der Waals surface area contributed by atoms with Crippen molar-refractivity contribution in [1.82, 2.24) is 4.98 Å². The third kappa shape index (κ3) is 2.09. The Labute approximate surface area is 123 Å². The first-order valence-electron chi connectivity index (χ1n) is 7.27. The fraction of sp³-hybridized carbons (Fsp3) is 0.412. The van der Waals surface area contributed by atoms with Crippen molar-refractivity contribution >= 4 is 16.8 Å². The first kappa shape index (κ1) is 13.7. The molecule has 2 aromatic rings. The molecule has 0 bridgehead atoms. The lowest BCUT2D eigenvalue weighted by Crippen LogP contribution is -2.40. The molecular formula is C17H19N3O. The van der Waals surface area contributed by atoms with E-state index in [4.69, 9.17) is 11.0 Å². The Kier molecular flexibility index (Phi) is 3.02. The van der Waals surface area contributed by atoms with Gasteiger partial charge in [-0.25, -0.2) is 0 Å². The Balaban J connectivity index is 2.06. The van der Waals surface area contributed by atoms with Crippen molar-refractivity contribution in [1.29, 1.82) is 5.26 Å². The highest BCUT2D eigenvalue weighted by molar-refractivity contribution is 5.86. The number of carbonyl (C=O) groups excluding carboxylic acids is 1. The minimum Gasteiger partial charge on any atom is -0.369 e. The van der Waals surface area contributed by atoms with Crippen LogP contribution in [0.25, 0.3) is 10.9 Å². The number of nitrogens with one attached hydrogen (secondary N) is 1. The smallest absolute Gasteiger partial charge is 0.223 e. The summed E-state index contributed by atoms with van der Waals surface area (Å²) in [5, 5.41) is 10.2. The number of rotatable bonds is 2. The Morgan fingerprint density at radius 2 is 2.24 bits per heavy atom. The quantitative estimate of drug-likeness (QED) is 0.887. The van der Waals surface area contributed by atoms with Crippen LogP contribution in [0.5, 0.6) is 0 Å². The van der Waals surface area contributed by atoms with Gasteiger partial charge in [-0.05, 0) is 48.9 Å². The van der Waals surface area contributed by atoms with Crippen LogP contribution in [0.4, 0.5) is 0 Å². The van der Waals surface area contributed by atoms with Crippen LogP contribution in [0, 0.1) is 22.7 Å². The molecule has 0 spiro atoms. The molecule has 0 fully saturated rings. The van der Waals surface area contributed by atoms with Gasteiger partial charge in [0.05, 0.1) is 11.6 Å². The van der Waals surface area contributed by atoms with E-state index < -0.39 is 5.41 Å². The lowest BCUT2D eigenvalue weighted by Gasteiger charge is -2.34. The van der Waals surface area contributed by atoms with Gasteiger partial charge in [-0.2, -0.15) is 5.26 Å². The average molecular weight is 281 g/mol. The molecule has 3 rings (SSSR count). The monoisotopic (exact) mass is 281 g/mol. The molecule has 1 atom stereocenters. The molecule has 1 aromatic carbocycles. The second-order valence-electron chi connectivity index (χ2n) is 6.48. The van der Waals surface area contributed by atoms with Gasteiger partial charge in [0.1, 0.15) is 0 Å². The Morgan fingerprint density at radius 3 is 2.90 bits per heavy atom. The molecule has 4 heteroatoms. The SMILES string of the molecule is CC(C)(C(N)=O)C1CCc2[nH]c3ccc(C#N)cc3c2C1. The molecule has 1 aliphatic rings. The van der Waals surface area contributed by atoms with E-state index in [1.54, 1.807) is 0 Å². The van der Waals surface area contributed by atoms with Crippen LogP contribution >= 0.6 is 0 Å². The summed E-state index contributed by atoms with van der Waals surface area (Å²) in [6.45, 7) is 3.86.